The van der Waals surface area contributed by atoms with E-state index < -0.39 is 10.0 Å². The first-order chi connectivity index (χ1) is 16.0. The van der Waals surface area contributed by atoms with E-state index in [0.29, 0.717) is 5.52 Å². The molecule has 0 fully saturated rings. The Labute approximate surface area is 189 Å². The summed E-state index contributed by atoms with van der Waals surface area (Å²) in [4.78, 5) is 12.2. The standard InChI is InChI=1S/C24H18N6O2S/c1-29-14-17(11-28-29)16-9-20-21(12-27-24(20)26-10-16)22-15-30(23-13-25-8-7-19(22)23)33(31,32)18-5-3-2-4-6-18/h2-15H,1H3,(H,26,27)/p+1. The van der Waals surface area contributed by atoms with Gasteiger partial charge in [-0.1, -0.05) is 18.2 Å². The molecular weight excluding hydrogens is 436 g/mol. The molecule has 0 spiro atoms. The van der Waals surface area contributed by atoms with Gasteiger partial charge >= 0.3 is 0 Å². The summed E-state index contributed by atoms with van der Waals surface area (Å²) < 4.78 is 30.1. The average molecular weight is 456 g/mol. The Morgan fingerprint density at radius 1 is 0.970 bits per heavy atom. The van der Waals surface area contributed by atoms with Crippen LogP contribution >= 0.6 is 0 Å². The van der Waals surface area contributed by atoms with Crippen molar-refractivity contribution < 1.29 is 13.1 Å². The second kappa shape index (κ2) is 7.14. The fourth-order valence-corrected chi connectivity index (χ4v) is 5.54. The first-order valence-electron chi connectivity index (χ1n) is 10.3. The molecule has 6 aromatic rings. The van der Waals surface area contributed by atoms with Crippen molar-refractivity contribution >= 4 is 32.0 Å². The lowest BCUT2D eigenvalue weighted by Gasteiger charge is -2.06. The van der Waals surface area contributed by atoms with Crippen LogP contribution in [0, 0.1) is 0 Å². The van der Waals surface area contributed by atoms with E-state index in [1.54, 1.807) is 48.9 Å². The Kier molecular flexibility index (Phi) is 4.21. The number of aromatic nitrogens is 6. The number of fused-ring (bicyclic) bond motifs is 2. The van der Waals surface area contributed by atoms with Crippen molar-refractivity contribution in [3.63, 3.8) is 0 Å². The maximum atomic E-state index is 13.4. The third-order valence-electron chi connectivity index (χ3n) is 5.79. The molecule has 8 nitrogen and oxygen atoms in total. The highest BCUT2D eigenvalue weighted by Gasteiger charge is 2.23. The molecule has 0 saturated carbocycles. The van der Waals surface area contributed by atoms with Gasteiger partial charge in [-0.25, -0.2) is 17.4 Å². The van der Waals surface area contributed by atoms with Crippen molar-refractivity contribution in [2.45, 2.75) is 4.90 Å². The van der Waals surface area contributed by atoms with Gasteiger partial charge in [-0.15, -0.1) is 4.68 Å². The number of H-pyrrole nitrogens is 2. The Morgan fingerprint density at radius 3 is 2.61 bits per heavy atom. The molecular formula is C24H19N6O2S+. The minimum Gasteiger partial charge on any atom is -0.346 e. The van der Waals surface area contributed by atoms with Gasteiger partial charge in [0.05, 0.1) is 28.4 Å². The maximum absolute atomic E-state index is 13.4. The molecule has 2 N–H and O–H groups in total. The van der Waals surface area contributed by atoms with Gasteiger partial charge in [0, 0.05) is 52.3 Å². The topological polar surface area (TPSA) is 100 Å². The van der Waals surface area contributed by atoms with Crippen molar-refractivity contribution in [2.75, 3.05) is 0 Å². The van der Waals surface area contributed by atoms with E-state index in [4.69, 9.17) is 0 Å². The highest BCUT2D eigenvalue weighted by atomic mass is 32.2. The van der Waals surface area contributed by atoms with E-state index in [9.17, 15) is 8.42 Å². The highest BCUT2D eigenvalue weighted by Crippen LogP contribution is 2.37. The summed E-state index contributed by atoms with van der Waals surface area (Å²) in [6, 6.07) is 12.3. The fraction of sp³-hybridized carbons (Fsp3) is 0.0417. The Balaban J connectivity index is 1.59. The van der Waals surface area contributed by atoms with E-state index in [1.807, 2.05) is 42.6 Å². The van der Waals surface area contributed by atoms with Crippen LogP contribution in [0.4, 0.5) is 0 Å². The largest absolute Gasteiger partial charge is 0.346 e. The Morgan fingerprint density at radius 2 is 1.82 bits per heavy atom. The Bertz CT molecular complexity index is 1750. The highest BCUT2D eigenvalue weighted by molar-refractivity contribution is 7.90. The normalized spacial score (nSPS) is 12.0. The molecule has 0 bridgehead atoms. The number of nitrogens with one attached hydrogen (secondary N) is 2. The Hall–Kier alpha value is -4.24. The van der Waals surface area contributed by atoms with E-state index >= 15 is 0 Å². The number of aromatic amines is 2. The SMILES string of the molecule is C[n+]1cc(-c2cnc3[nH]cc(-c4cn(S(=O)(=O)c5ccccc5)c5cnccc45)c3c2)c[nH]1. The monoisotopic (exact) mass is 455 g/mol. The van der Waals surface area contributed by atoms with Gasteiger partial charge in [-0.3, -0.25) is 4.98 Å². The number of aryl methyl sites for hydroxylation is 1. The molecule has 0 aliphatic heterocycles. The summed E-state index contributed by atoms with van der Waals surface area (Å²) in [5.41, 5.74) is 4.89. The molecule has 0 saturated heterocycles. The van der Waals surface area contributed by atoms with Gasteiger partial charge in [-0.2, -0.15) is 5.10 Å². The van der Waals surface area contributed by atoms with Crippen LogP contribution in [0.5, 0.6) is 0 Å². The van der Waals surface area contributed by atoms with Crippen LogP contribution in [-0.2, 0) is 17.1 Å². The molecule has 162 valence electrons. The van der Waals surface area contributed by atoms with E-state index in [1.165, 1.54) is 3.97 Å². The lowest BCUT2D eigenvalue weighted by atomic mass is 10.0. The van der Waals surface area contributed by atoms with Gasteiger partial charge in [0.25, 0.3) is 10.0 Å². The minimum atomic E-state index is -3.79. The molecule has 0 aliphatic carbocycles. The molecule has 0 unspecified atom stereocenters. The van der Waals surface area contributed by atoms with E-state index in [2.05, 4.69) is 26.1 Å². The van der Waals surface area contributed by atoms with E-state index in [0.717, 1.165) is 38.7 Å². The third-order valence-corrected chi connectivity index (χ3v) is 7.47. The summed E-state index contributed by atoms with van der Waals surface area (Å²) in [7, 11) is -1.87. The molecule has 0 amide bonds. The fourth-order valence-electron chi connectivity index (χ4n) is 4.16. The van der Waals surface area contributed by atoms with Crippen LogP contribution in [0.15, 0.2) is 90.7 Å². The summed E-state index contributed by atoms with van der Waals surface area (Å²) in [5.74, 6) is 0. The second-order valence-electron chi connectivity index (χ2n) is 7.84. The first-order valence-corrected chi connectivity index (χ1v) is 11.7. The first kappa shape index (κ1) is 19.4. The smallest absolute Gasteiger partial charge is 0.268 e. The molecule has 9 heteroatoms. The minimum absolute atomic E-state index is 0.223. The third kappa shape index (κ3) is 3.05. The average Bonchev–Trinajstić information content (AvgIpc) is 3.56. The van der Waals surface area contributed by atoms with Crippen molar-refractivity contribution in [1.82, 2.24) is 24.0 Å². The molecule has 0 atom stereocenters. The molecule has 0 aliphatic rings. The number of nitrogens with zero attached hydrogens (tertiary/aromatic N) is 4. The number of benzene rings is 1. The van der Waals surface area contributed by atoms with Crippen LogP contribution in [0.25, 0.3) is 44.2 Å². The van der Waals surface area contributed by atoms with Gasteiger partial charge in [0.2, 0.25) is 6.20 Å². The molecule has 0 radical (unpaired) electrons. The predicted molar refractivity (Wildman–Crippen MR) is 125 cm³/mol. The van der Waals surface area contributed by atoms with Crippen LogP contribution < -0.4 is 4.68 Å². The molecule has 1 aromatic carbocycles. The number of rotatable bonds is 4. The van der Waals surface area contributed by atoms with Crippen molar-refractivity contribution in [3.05, 3.63) is 85.8 Å². The predicted octanol–water partition coefficient (Wildman–Crippen LogP) is 3.64. The lowest BCUT2D eigenvalue weighted by molar-refractivity contribution is -0.726. The van der Waals surface area contributed by atoms with Gasteiger partial charge in [-0.05, 0) is 24.3 Å². The summed E-state index contributed by atoms with van der Waals surface area (Å²) in [5, 5.41) is 4.82. The summed E-state index contributed by atoms with van der Waals surface area (Å²) >= 11 is 0. The molecule has 5 heterocycles. The van der Waals surface area contributed by atoms with Crippen LogP contribution in [0.2, 0.25) is 0 Å². The van der Waals surface area contributed by atoms with Crippen LogP contribution in [0.1, 0.15) is 0 Å². The van der Waals surface area contributed by atoms with Crippen LogP contribution in [0.3, 0.4) is 0 Å². The van der Waals surface area contributed by atoms with Gasteiger partial charge in [0.15, 0.2) is 7.05 Å². The van der Waals surface area contributed by atoms with E-state index in [-0.39, 0.29) is 4.90 Å². The zero-order chi connectivity index (χ0) is 22.6. The molecule has 33 heavy (non-hydrogen) atoms. The zero-order valence-corrected chi connectivity index (χ0v) is 18.4. The summed E-state index contributed by atoms with van der Waals surface area (Å²) in [6.45, 7) is 0. The van der Waals surface area contributed by atoms with Crippen LogP contribution in [-0.4, -0.2) is 32.4 Å². The number of hydrogen-bond donors (Lipinski definition) is 2. The lowest BCUT2D eigenvalue weighted by Crippen LogP contribution is -2.27. The molecule has 6 rings (SSSR count). The summed E-state index contributed by atoms with van der Waals surface area (Å²) in [6.07, 6.45) is 12.5. The quantitative estimate of drug-likeness (QED) is 0.397. The van der Waals surface area contributed by atoms with Crippen molar-refractivity contribution in [3.8, 4) is 22.3 Å². The molecule has 5 aromatic heterocycles. The number of pyridine rings is 2. The van der Waals surface area contributed by atoms with Crippen molar-refractivity contribution in [2.24, 2.45) is 7.05 Å². The number of hydrogen-bond acceptors (Lipinski definition) is 4. The van der Waals surface area contributed by atoms with Gasteiger partial charge in [0.1, 0.15) is 5.65 Å². The van der Waals surface area contributed by atoms with Gasteiger partial charge < -0.3 is 4.98 Å². The van der Waals surface area contributed by atoms with Crippen molar-refractivity contribution in [1.29, 1.82) is 0 Å². The second-order valence-corrected chi connectivity index (χ2v) is 9.66. The maximum Gasteiger partial charge on any atom is 0.268 e. The zero-order valence-electron chi connectivity index (χ0n) is 17.6.